The molecule has 0 unspecified atom stereocenters. The first-order valence-electron chi connectivity index (χ1n) is 9.95. The molecule has 0 saturated carbocycles. The lowest BCUT2D eigenvalue weighted by Gasteiger charge is -2.29. The van der Waals surface area contributed by atoms with Gasteiger partial charge in [-0.2, -0.15) is 13.2 Å². The van der Waals surface area contributed by atoms with Gasteiger partial charge in [0.25, 0.3) is 5.91 Å². The lowest BCUT2D eigenvalue weighted by molar-refractivity contribution is -0.137. The van der Waals surface area contributed by atoms with Gasteiger partial charge in [0.15, 0.2) is 11.5 Å². The molecule has 9 heteroatoms. The van der Waals surface area contributed by atoms with Crippen LogP contribution in [0.1, 0.15) is 30.0 Å². The van der Waals surface area contributed by atoms with E-state index in [1.165, 1.54) is 12.1 Å². The van der Waals surface area contributed by atoms with E-state index in [-0.39, 0.29) is 24.6 Å². The first-order chi connectivity index (χ1) is 14.8. The van der Waals surface area contributed by atoms with Gasteiger partial charge in [-0.3, -0.25) is 9.59 Å². The molecular weight excluding hydrogens is 413 g/mol. The fourth-order valence-corrected chi connectivity index (χ4v) is 3.70. The minimum Gasteiger partial charge on any atom is -0.485 e. The van der Waals surface area contributed by atoms with Crippen LogP contribution >= 0.6 is 0 Å². The third kappa shape index (κ3) is 4.76. The van der Waals surface area contributed by atoms with Crippen molar-refractivity contribution in [2.24, 2.45) is 0 Å². The maximum Gasteiger partial charge on any atom is 0.416 e. The molecule has 2 aliphatic heterocycles. The molecule has 164 valence electrons. The molecule has 2 aromatic carbocycles. The fourth-order valence-electron chi connectivity index (χ4n) is 3.70. The molecule has 0 aliphatic carbocycles. The zero-order chi connectivity index (χ0) is 22.0. The molecule has 1 N–H and O–H groups in total. The van der Waals surface area contributed by atoms with Crippen molar-refractivity contribution in [3.8, 4) is 11.5 Å². The average molecular weight is 434 g/mol. The van der Waals surface area contributed by atoms with Crippen LogP contribution in [0.4, 0.5) is 13.2 Å². The number of amides is 2. The molecule has 1 saturated heterocycles. The molecule has 0 radical (unpaired) electrons. The van der Waals surface area contributed by atoms with Gasteiger partial charge in [-0.25, -0.2) is 0 Å². The quantitative estimate of drug-likeness (QED) is 0.784. The van der Waals surface area contributed by atoms with Gasteiger partial charge in [-0.05, 0) is 36.2 Å². The SMILES string of the molecule is O=C(N[C@H](CN1CCCC1=O)c1cccc(C(F)(F)F)c1)[C@@H]1COc2ccccc2O1. The molecule has 1 fully saturated rings. The first kappa shape index (κ1) is 21.0. The molecule has 2 aliphatic rings. The Balaban J connectivity index is 1.55. The largest absolute Gasteiger partial charge is 0.485 e. The smallest absolute Gasteiger partial charge is 0.416 e. The van der Waals surface area contributed by atoms with E-state index in [0.29, 0.717) is 30.9 Å². The molecule has 6 nitrogen and oxygen atoms in total. The van der Waals surface area contributed by atoms with Crippen molar-refractivity contribution in [2.45, 2.75) is 31.2 Å². The van der Waals surface area contributed by atoms with Crippen molar-refractivity contribution in [1.29, 1.82) is 0 Å². The molecule has 0 bridgehead atoms. The zero-order valence-corrected chi connectivity index (χ0v) is 16.5. The Kier molecular flexibility index (Phi) is 5.75. The van der Waals surface area contributed by atoms with E-state index in [1.807, 2.05) is 0 Å². The third-order valence-corrected chi connectivity index (χ3v) is 5.31. The molecule has 0 spiro atoms. The van der Waals surface area contributed by atoms with Gasteiger partial charge in [-0.1, -0.05) is 24.3 Å². The summed E-state index contributed by atoms with van der Waals surface area (Å²) in [5.74, 6) is 0.323. The number of nitrogens with zero attached hydrogens (tertiary/aromatic N) is 1. The van der Waals surface area contributed by atoms with Crippen LogP contribution in [-0.2, 0) is 15.8 Å². The van der Waals surface area contributed by atoms with Crippen LogP contribution in [0.3, 0.4) is 0 Å². The molecule has 31 heavy (non-hydrogen) atoms. The Morgan fingerprint density at radius 2 is 1.94 bits per heavy atom. The summed E-state index contributed by atoms with van der Waals surface area (Å²) in [4.78, 5) is 26.5. The van der Waals surface area contributed by atoms with Gasteiger partial charge in [0.1, 0.15) is 6.61 Å². The Hall–Kier alpha value is -3.23. The second kappa shape index (κ2) is 8.49. The number of para-hydroxylation sites is 2. The van der Waals surface area contributed by atoms with Crippen LogP contribution in [0.2, 0.25) is 0 Å². The van der Waals surface area contributed by atoms with E-state index in [1.54, 1.807) is 29.2 Å². The Bertz CT molecular complexity index is 979. The number of benzene rings is 2. The van der Waals surface area contributed by atoms with E-state index in [9.17, 15) is 22.8 Å². The molecule has 2 amide bonds. The van der Waals surface area contributed by atoms with E-state index < -0.39 is 29.8 Å². The summed E-state index contributed by atoms with van der Waals surface area (Å²) in [6.07, 6.45) is -4.41. The first-order valence-corrected chi connectivity index (χ1v) is 9.95. The number of ether oxygens (including phenoxy) is 2. The van der Waals surface area contributed by atoms with Crippen molar-refractivity contribution in [3.05, 3.63) is 59.7 Å². The second-order valence-electron chi connectivity index (χ2n) is 7.49. The molecule has 2 aromatic rings. The Morgan fingerprint density at radius 3 is 2.65 bits per heavy atom. The highest BCUT2D eigenvalue weighted by Crippen LogP contribution is 2.33. The number of carbonyl (C=O) groups is 2. The molecule has 2 atom stereocenters. The number of hydrogen-bond donors (Lipinski definition) is 1. The Labute approximate surface area is 176 Å². The number of carbonyl (C=O) groups excluding carboxylic acids is 2. The lowest BCUT2D eigenvalue weighted by Crippen LogP contribution is -2.47. The van der Waals surface area contributed by atoms with Crippen molar-refractivity contribution in [2.75, 3.05) is 19.7 Å². The second-order valence-corrected chi connectivity index (χ2v) is 7.49. The summed E-state index contributed by atoms with van der Waals surface area (Å²) in [6.45, 7) is 0.553. The van der Waals surface area contributed by atoms with E-state index >= 15 is 0 Å². The van der Waals surface area contributed by atoms with Crippen molar-refractivity contribution in [1.82, 2.24) is 10.2 Å². The summed E-state index contributed by atoms with van der Waals surface area (Å²) < 4.78 is 50.9. The summed E-state index contributed by atoms with van der Waals surface area (Å²) in [7, 11) is 0. The van der Waals surface area contributed by atoms with Gasteiger partial charge in [0.2, 0.25) is 12.0 Å². The van der Waals surface area contributed by atoms with Gasteiger partial charge in [0, 0.05) is 19.5 Å². The van der Waals surface area contributed by atoms with Gasteiger partial charge >= 0.3 is 6.18 Å². The molecule has 2 heterocycles. The van der Waals surface area contributed by atoms with Gasteiger partial charge < -0.3 is 19.7 Å². The number of likely N-dealkylation sites (tertiary alicyclic amines) is 1. The molecule has 4 rings (SSSR count). The molecular formula is C22H21F3N2O4. The predicted octanol–water partition coefficient (Wildman–Crippen LogP) is 3.33. The Morgan fingerprint density at radius 1 is 1.16 bits per heavy atom. The number of rotatable bonds is 5. The number of fused-ring (bicyclic) bond motifs is 1. The van der Waals surface area contributed by atoms with E-state index in [4.69, 9.17) is 9.47 Å². The summed E-state index contributed by atoms with van der Waals surface area (Å²) in [5.41, 5.74) is -0.553. The average Bonchev–Trinajstić information content (AvgIpc) is 3.16. The van der Waals surface area contributed by atoms with Crippen LogP contribution in [0.25, 0.3) is 0 Å². The summed E-state index contributed by atoms with van der Waals surface area (Å²) in [6, 6.07) is 10.9. The highest BCUT2D eigenvalue weighted by atomic mass is 19.4. The molecule has 0 aromatic heterocycles. The zero-order valence-electron chi connectivity index (χ0n) is 16.5. The summed E-state index contributed by atoms with van der Waals surface area (Å²) >= 11 is 0. The topological polar surface area (TPSA) is 67.9 Å². The van der Waals surface area contributed by atoms with Crippen LogP contribution < -0.4 is 14.8 Å². The highest BCUT2D eigenvalue weighted by Gasteiger charge is 2.34. The minimum absolute atomic E-state index is 0.0270. The fraction of sp³-hybridized carbons (Fsp3) is 0.364. The lowest BCUT2D eigenvalue weighted by atomic mass is 10.0. The monoisotopic (exact) mass is 434 g/mol. The number of hydrogen-bond acceptors (Lipinski definition) is 4. The van der Waals surface area contributed by atoms with Crippen LogP contribution in [-0.4, -0.2) is 42.5 Å². The number of alkyl halides is 3. The van der Waals surface area contributed by atoms with Crippen molar-refractivity contribution >= 4 is 11.8 Å². The van der Waals surface area contributed by atoms with Gasteiger partial charge in [-0.15, -0.1) is 0 Å². The minimum atomic E-state index is -4.52. The van der Waals surface area contributed by atoms with Crippen molar-refractivity contribution in [3.63, 3.8) is 0 Å². The van der Waals surface area contributed by atoms with Crippen LogP contribution in [0.5, 0.6) is 11.5 Å². The third-order valence-electron chi connectivity index (χ3n) is 5.31. The predicted molar refractivity (Wildman–Crippen MR) is 104 cm³/mol. The maximum absolute atomic E-state index is 13.2. The van der Waals surface area contributed by atoms with Crippen LogP contribution in [0.15, 0.2) is 48.5 Å². The van der Waals surface area contributed by atoms with Crippen molar-refractivity contribution < 1.29 is 32.2 Å². The van der Waals surface area contributed by atoms with Crippen LogP contribution in [0, 0.1) is 0 Å². The maximum atomic E-state index is 13.2. The normalized spacial score (nSPS) is 19.3. The van der Waals surface area contributed by atoms with E-state index in [2.05, 4.69) is 5.32 Å². The van der Waals surface area contributed by atoms with E-state index in [0.717, 1.165) is 12.1 Å². The number of halogens is 3. The highest BCUT2D eigenvalue weighted by molar-refractivity contribution is 5.82. The van der Waals surface area contributed by atoms with Gasteiger partial charge in [0.05, 0.1) is 11.6 Å². The number of nitrogens with one attached hydrogen (secondary N) is 1. The summed E-state index contributed by atoms with van der Waals surface area (Å²) in [5, 5.41) is 2.75. The standard InChI is InChI=1S/C22H21F3N2O4/c23-22(24,25)15-6-3-5-14(11-15)16(12-27-10-4-9-20(27)28)26-21(29)19-13-30-17-7-1-2-8-18(17)31-19/h1-3,5-8,11,16,19H,4,9-10,12-13H2,(H,26,29)/t16-,19+/m1/s1.